The van der Waals surface area contributed by atoms with Gasteiger partial charge >= 0.3 is 0 Å². The van der Waals surface area contributed by atoms with Crippen LogP contribution >= 0.6 is 11.3 Å². The van der Waals surface area contributed by atoms with Crippen LogP contribution in [-0.4, -0.2) is 52.5 Å². The summed E-state index contributed by atoms with van der Waals surface area (Å²) in [6.07, 6.45) is 10.6. The third-order valence-electron chi connectivity index (χ3n) is 7.77. The second-order valence-corrected chi connectivity index (χ2v) is 10.9. The highest BCUT2D eigenvalue weighted by Gasteiger charge is 2.74. The van der Waals surface area contributed by atoms with E-state index in [0.717, 1.165) is 43.4 Å². The summed E-state index contributed by atoms with van der Waals surface area (Å²) in [5, 5.41) is 8.20. The number of carbonyl (C=O) groups is 3. The lowest BCUT2D eigenvalue weighted by Crippen LogP contribution is -2.57. The molecule has 4 heterocycles. The fraction of sp³-hybridized carbons (Fsp3) is 0.625. The van der Waals surface area contributed by atoms with Crippen LogP contribution in [-0.2, 0) is 25.7 Å². The average Bonchev–Trinajstić information content (AvgIpc) is 3.15. The van der Waals surface area contributed by atoms with Crippen molar-refractivity contribution in [2.45, 2.75) is 81.3 Å². The number of likely N-dealkylation sites (tertiary alicyclic amines) is 1. The highest BCUT2D eigenvalue weighted by Crippen LogP contribution is 2.57. The summed E-state index contributed by atoms with van der Waals surface area (Å²) in [7, 11) is 0. The lowest BCUT2D eigenvalue weighted by Gasteiger charge is -2.34. The van der Waals surface area contributed by atoms with E-state index in [0.29, 0.717) is 6.54 Å². The van der Waals surface area contributed by atoms with Gasteiger partial charge in [-0.2, -0.15) is 0 Å². The van der Waals surface area contributed by atoms with E-state index in [1.807, 2.05) is 29.7 Å². The average molecular weight is 456 g/mol. The molecule has 5 aliphatic rings. The minimum absolute atomic E-state index is 0.0791. The Morgan fingerprint density at radius 3 is 2.69 bits per heavy atom. The maximum absolute atomic E-state index is 13.7. The SMILES string of the molecule is O=C(NCc1cccs1)[C@H]1[C@H]2C(=O)N(C3CC3)[C@H](C(=O)NC3CCCCC3)[C@@]23C=C[C@H]1O3. The van der Waals surface area contributed by atoms with Crippen LogP contribution in [0.1, 0.15) is 49.8 Å². The number of nitrogens with zero attached hydrogens (tertiary/aromatic N) is 1. The van der Waals surface area contributed by atoms with Gasteiger partial charge in [-0.05, 0) is 37.1 Å². The monoisotopic (exact) mass is 455 g/mol. The van der Waals surface area contributed by atoms with Crippen molar-refractivity contribution in [2.24, 2.45) is 11.8 Å². The van der Waals surface area contributed by atoms with Gasteiger partial charge < -0.3 is 20.3 Å². The van der Waals surface area contributed by atoms with Crippen molar-refractivity contribution in [2.75, 3.05) is 0 Å². The quantitative estimate of drug-likeness (QED) is 0.644. The Morgan fingerprint density at radius 2 is 1.97 bits per heavy atom. The summed E-state index contributed by atoms with van der Waals surface area (Å²) in [6, 6.07) is 3.48. The summed E-state index contributed by atoms with van der Waals surface area (Å²) in [5.41, 5.74) is -1.03. The maximum Gasteiger partial charge on any atom is 0.246 e. The number of nitrogens with one attached hydrogen (secondary N) is 2. The predicted molar refractivity (Wildman–Crippen MR) is 119 cm³/mol. The second kappa shape index (κ2) is 7.70. The molecular formula is C24H29N3O4S. The smallest absolute Gasteiger partial charge is 0.246 e. The van der Waals surface area contributed by atoms with Crippen molar-refractivity contribution in [3.8, 4) is 0 Å². The van der Waals surface area contributed by atoms with E-state index in [2.05, 4.69) is 10.6 Å². The standard InChI is InChI=1S/C24H29N3O4S/c28-21(25-13-16-7-4-12-32-16)18-17-10-11-24(31-17)19(18)23(30)27(15-8-9-15)20(24)22(29)26-14-5-2-1-3-6-14/h4,7,10-12,14-15,17-20H,1-3,5-6,8-9,13H2,(H,25,28)(H,26,29)/t17-,18-,19+,20-,24-/m1/s1. The molecule has 1 aromatic rings. The van der Waals surface area contributed by atoms with Gasteiger partial charge in [0.05, 0.1) is 24.5 Å². The molecule has 170 valence electrons. The first-order valence-electron chi connectivity index (χ1n) is 11.9. The molecule has 1 spiro atoms. The van der Waals surface area contributed by atoms with Crippen LogP contribution in [0.2, 0.25) is 0 Å². The van der Waals surface area contributed by atoms with E-state index in [1.54, 1.807) is 16.2 Å². The van der Waals surface area contributed by atoms with Crippen LogP contribution in [0.25, 0.3) is 0 Å². The first kappa shape index (κ1) is 20.4. The van der Waals surface area contributed by atoms with Crippen molar-refractivity contribution < 1.29 is 19.1 Å². The predicted octanol–water partition coefficient (Wildman–Crippen LogP) is 2.13. The molecule has 0 radical (unpaired) electrons. The Hall–Kier alpha value is -2.19. The van der Waals surface area contributed by atoms with Crippen LogP contribution in [0.4, 0.5) is 0 Å². The van der Waals surface area contributed by atoms with Gasteiger partial charge in [-0.15, -0.1) is 11.3 Å². The Balaban J connectivity index is 1.26. The number of rotatable bonds is 6. The summed E-state index contributed by atoms with van der Waals surface area (Å²) in [6.45, 7) is 0.440. The second-order valence-electron chi connectivity index (χ2n) is 9.82. The summed E-state index contributed by atoms with van der Waals surface area (Å²) in [4.78, 5) is 43.3. The summed E-state index contributed by atoms with van der Waals surface area (Å²) in [5.74, 6) is -1.62. The number of carbonyl (C=O) groups excluding carboxylic acids is 3. The van der Waals surface area contributed by atoms with E-state index in [1.165, 1.54) is 6.42 Å². The zero-order valence-corrected chi connectivity index (χ0v) is 18.8. The number of hydrogen-bond donors (Lipinski definition) is 2. The van der Waals surface area contributed by atoms with Crippen molar-refractivity contribution in [3.63, 3.8) is 0 Å². The van der Waals surface area contributed by atoms with Gasteiger partial charge in [0, 0.05) is 17.0 Å². The van der Waals surface area contributed by atoms with Crippen LogP contribution < -0.4 is 10.6 Å². The molecule has 2 aliphatic carbocycles. The molecule has 32 heavy (non-hydrogen) atoms. The largest absolute Gasteiger partial charge is 0.359 e. The van der Waals surface area contributed by atoms with Crippen LogP contribution in [0, 0.1) is 11.8 Å². The van der Waals surface area contributed by atoms with Crippen molar-refractivity contribution in [1.29, 1.82) is 0 Å². The number of hydrogen-bond acceptors (Lipinski definition) is 5. The van der Waals surface area contributed by atoms with Gasteiger partial charge in [0.2, 0.25) is 17.7 Å². The highest BCUT2D eigenvalue weighted by atomic mass is 32.1. The normalized spacial score (nSPS) is 35.9. The fourth-order valence-electron chi connectivity index (χ4n) is 6.18. The molecule has 1 aromatic heterocycles. The first-order valence-corrected chi connectivity index (χ1v) is 12.8. The molecule has 2 bridgehead atoms. The molecule has 6 rings (SSSR count). The fourth-order valence-corrected chi connectivity index (χ4v) is 6.83. The number of ether oxygens (including phenoxy) is 1. The Labute approximate surface area is 191 Å². The summed E-state index contributed by atoms with van der Waals surface area (Å²) < 4.78 is 6.36. The Morgan fingerprint density at radius 1 is 1.16 bits per heavy atom. The molecule has 3 amide bonds. The van der Waals surface area contributed by atoms with Gasteiger partial charge in [-0.1, -0.05) is 37.5 Å². The number of thiophene rings is 1. The highest BCUT2D eigenvalue weighted by molar-refractivity contribution is 7.09. The number of amides is 3. The first-order chi connectivity index (χ1) is 15.6. The van der Waals surface area contributed by atoms with E-state index >= 15 is 0 Å². The molecule has 5 atom stereocenters. The topological polar surface area (TPSA) is 87.7 Å². The maximum atomic E-state index is 13.7. The molecule has 2 N–H and O–H groups in total. The Bertz CT molecular complexity index is 952. The molecule has 0 unspecified atom stereocenters. The van der Waals surface area contributed by atoms with E-state index in [4.69, 9.17) is 4.74 Å². The van der Waals surface area contributed by atoms with Crippen LogP contribution in [0.3, 0.4) is 0 Å². The summed E-state index contributed by atoms with van der Waals surface area (Å²) >= 11 is 1.59. The molecule has 3 aliphatic heterocycles. The minimum atomic E-state index is -1.03. The van der Waals surface area contributed by atoms with Crippen molar-refractivity contribution >= 4 is 29.1 Å². The Kier molecular flexibility index (Phi) is 4.91. The van der Waals surface area contributed by atoms with Crippen molar-refractivity contribution in [3.05, 3.63) is 34.5 Å². The molecule has 2 saturated heterocycles. The molecular weight excluding hydrogens is 426 g/mol. The van der Waals surface area contributed by atoms with E-state index in [-0.39, 0.29) is 29.8 Å². The van der Waals surface area contributed by atoms with Gasteiger partial charge in [-0.3, -0.25) is 14.4 Å². The van der Waals surface area contributed by atoms with E-state index < -0.39 is 29.6 Å². The molecule has 4 fully saturated rings. The van der Waals surface area contributed by atoms with Crippen molar-refractivity contribution in [1.82, 2.24) is 15.5 Å². The molecule has 0 aromatic carbocycles. The lowest BCUT2D eigenvalue weighted by atomic mass is 9.74. The zero-order valence-electron chi connectivity index (χ0n) is 18.0. The molecule has 2 saturated carbocycles. The van der Waals surface area contributed by atoms with Crippen LogP contribution in [0.15, 0.2) is 29.7 Å². The van der Waals surface area contributed by atoms with Gasteiger partial charge in [0.25, 0.3) is 0 Å². The molecule has 8 heteroatoms. The third-order valence-corrected chi connectivity index (χ3v) is 8.65. The van der Waals surface area contributed by atoms with Crippen LogP contribution in [0.5, 0.6) is 0 Å². The lowest BCUT2D eigenvalue weighted by molar-refractivity contribution is -0.142. The minimum Gasteiger partial charge on any atom is -0.359 e. The molecule has 7 nitrogen and oxygen atoms in total. The zero-order chi connectivity index (χ0) is 21.9. The van der Waals surface area contributed by atoms with Gasteiger partial charge in [-0.25, -0.2) is 0 Å². The van der Waals surface area contributed by atoms with Gasteiger partial charge in [0.1, 0.15) is 11.6 Å². The van der Waals surface area contributed by atoms with Gasteiger partial charge in [0.15, 0.2) is 0 Å². The number of fused-ring (bicyclic) bond motifs is 1. The third kappa shape index (κ3) is 3.14. The van der Waals surface area contributed by atoms with E-state index in [9.17, 15) is 14.4 Å².